The van der Waals surface area contributed by atoms with Gasteiger partial charge in [0.1, 0.15) is 17.5 Å². The van der Waals surface area contributed by atoms with Gasteiger partial charge in [-0.25, -0.2) is 0 Å². The van der Waals surface area contributed by atoms with Crippen LogP contribution < -0.4 is 14.8 Å². The minimum Gasteiger partial charge on any atom is -0.497 e. The summed E-state index contributed by atoms with van der Waals surface area (Å²) in [5.74, 6) is 0.761. The molecule has 0 spiro atoms. The van der Waals surface area contributed by atoms with Crippen LogP contribution in [0.1, 0.15) is 37.0 Å². The summed E-state index contributed by atoms with van der Waals surface area (Å²) in [6.07, 6.45) is 2.05. The third-order valence-electron chi connectivity index (χ3n) is 4.25. The number of ether oxygens (including phenoxy) is 2. The SMILES string of the molecule is COc1cc(OC)cc(C(=O)N[C@@H](C(=O)N2CCCC2)C(C)C)c1. The minimum atomic E-state index is -0.534. The maximum absolute atomic E-state index is 12.7. The van der Waals surface area contributed by atoms with Crippen LogP contribution in [0.25, 0.3) is 0 Å². The Morgan fingerprint density at radius 3 is 2.04 bits per heavy atom. The third kappa shape index (κ3) is 4.19. The molecule has 1 heterocycles. The molecule has 0 unspecified atom stereocenters. The molecule has 6 nitrogen and oxygen atoms in total. The molecular formula is C18H26N2O4. The molecule has 2 amide bonds. The number of carbonyl (C=O) groups is 2. The Hall–Kier alpha value is -2.24. The molecule has 0 radical (unpaired) electrons. The highest BCUT2D eigenvalue weighted by Crippen LogP contribution is 2.23. The van der Waals surface area contributed by atoms with Crippen molar-refractivity contribution in [2.75, 3.05) is 27.3 Å². The van der Waals surface area contributed by atoms with E-state index in [1.54, 1.807) is 18.2 Å². The summed E-state index contributed by atoms with van der Waals surface area (Å²) in [5.41, 5.74) is 0.408. The van der Waals surface area contributed by atoms with Crippen LogP contribution in [0.2, 0.25) is 0 Å². The predicted octanol–water partition coefficient (Wildman–Crippen LogP) is 2.08. The van der Waals surface area contributed by atoms with Gasteiger partial charge in [0.15, 0.2) is 0 Å². The molecule has 1 aromatic carbocycles. The van der Waals surface area contributed by atoms with Crippen LogP contribution in [0.15, 0.2) is 18.2 Å². The first kappa shape index (κ1) is 18.1. The zero-order chi connectivity index (χ0) is 17.7. The lowest BCUT2D eigenvalue weighted by Gasteiger charge is -2.26. The minimum absolute atomic E-state index is 0.00860. The number of methoxy groups -OCH3 is 2. The van der Waals surface area contributed by atoms with Crippen LogP contribution >= 0.6 is 0 Å². The molecule has 24 heavy (non-hydrogen) atoms. The number of nitrogens with one attached hydrogen (secondary N) is 1. The molecular weight excluding hydrogens is 308 g/mol. The smallest absolute Gasteiger partial charge is 0.252 e. The molecule has 1 N–H and O–H groups in total. The van der Waals surface area contributed by atoms with Gasteiger partial charge in [-0.3, -0.25) is 9.59 Å². The van der Waals surface area contributed by atoms with Gasteiger partial charge in [-0.2, -0.15) is 0 Å². The summed E-state index contributed by atoms with van der Waals surface area (Å²) in [6.45, 7) is 5.41. The molecule has 0 aliphatic carbocycles. The molecule has 0 aromatic heterocycles. The lowest BCUT2D eigenvalue weighted by atomic mass is 10.0. The summed E-state index contributed by atoms with van der Waals surface area (Å²) < 4.78 is 10.4. The van der Waals surface area contributed by atoms with Crippen LogP contribution in [0.5, 0.6) is 11.5 Å². The highest BCUT2D eigenvalue weighted by atomic mass is 16.5. The molecule has 0 bridgehead atoms. The molecule has 1 aromatic rings. The second kappa shape index (κ2) is 8.04. The Kier molecular flexibility index (Phi) is 6.06. The third-order valence-corrected chi connectivity index (χ3v) is 4.25. The normalized spacial score (nSPS) is 15.3. The van der Waals surface area contributed by atoms with Crippen molar-refractivity contribution in [1.29, 1.82) is 0 Å². The number of amides is 2. The topological polar surface area (TPSA) is 67.9 Å². The van der Waals surface area contributed by atoms with E-state index in [-0.39, 0.29) is 17.7 Å². The van der Waals surface area contributed by atoms with E-state index in [0.717, 1.165) is 25.9 Å². The first-order valence-corrected chi connectivity index (χ1v) is 8.29. The van der Waals surface area contributed by atoms with Gasteiger partial charge >= 0.3 is 0 Å². The summed E-state index contributed by atoms with van der Waals surface area (Å²) in [6, 6.07) is 4.44. The molecule has 132 valence electrons. The van der Waals surface area contributed by atoms with Crippen molar-refractivity contribution in [2.24, 2.45) is 5.92 Å². The van der Waals surface area contributed by atoms with E-state index in [2.05, 4.69) is 5.32 Å². The van der Waals surface area contributed by atoms with E-state index >= 15 is 0 Å². The number of rotatable bonds is 6. The first-order valence-electron chi connectivity index (χ1n) is 8.29. The molecule has 1 aliphatic heterocycles. The van der Waals surface area contributed by atoms with Gasteiger partial charge in [0, 0.05) is 24.7 Å². The van der Waals surface area contributed by atoms with E-state index in [9.17, 15) is 9.59 Å². The van der Waals surface area contributed by atoms with Gasteiger partial charge in [0.2, 0.25) is 5.91 Å². The van der Waals surface area contributed by atoms with Crippen molar-refractivity contribution >= 4 is 11.8 Å². The highest BCUT2D eigenvalue weighted by Gasteiger charge is 2.30. The van der Waals surface area contributed by atoms with Crippen LogP contribution in [-0.2, 0) is 4.79 Å². The maximum Gasteiger partial charge on any atom is 0.252 e. The van der Waals surface area contributed by atoms with Gasteiger partial charge in [-0.15, -0.1) is 0 Å². The summed E-state index contributed by atoms with van der Waals surface area (Å²) in [5, 5.41) is 2.87. The Balaban J connectivity index is 2.17. The number of benzene rings is 1. The average molecular weight is 334 g/mol. The van der Waals surface area contributed by atoms with Crippen LogP contribution in [0.3, 0.4) is 0 Å². The summed E-state index contributed by atoms with van der Waals surface area (Å²) in [7, 11) is 3.06. The second-order valence-corrected chi connectivity index (χ2v) is 6.33. The molecule has 1 fully saturated rings. The van der Waals surface area contributed by atoms with E-state index in [4.69, 9.17) is 9.47 Å². The Morgan fingerprint density at radius 2 is 1.58 bits per heavy atom. The van der Waals surface area contributed by atoms with Gasteiger partial charge < -0.3 is 19.7 Å². The van der Waals surface area contributed by atoms with E-state index < -0.39 is 6.04 Å². The molecule has 1 saturated heterocycles. The number of hydrogen-bond acceptors (Lipinski definition) is 4. The quantitative estimate of drug-likeness (QED) is 0.865. The van der Waals surface area contributed by atoms with Crippen molar-refractivity contribution < 1.29 is 19.1 Å². The fourth-order valence-corrected chi connectivity index (χ4v) is 2.81. The number of nitrogens with zero attached hydrogens (tertiary/aromatic N) is 1. The number of likely N-dealkylation sites (tertiary alicyclic amines) is 1. The second-order valence-electron chi connectivity index (χ2n) is 6.33. The van der Waals surface area contributed by atoms with E-state index in [1.807, 2.05) is 18.7 Å². The largest absolute Gasteiger partial charge is 0.497 e. The van der Waals surface area contributed by atoms with Gasteiger partial charge in [0.25, 0.3) is 5.91 Å². The van der Waals surface area contributed by atoms with Crippen molar-refractivity contribution in [1.82, 2.24) is 10.2 Å². The van der Waals surface area contributed by atoms with Crippen molar-refractivity contribution in [3.8, 4) is 11.5 Å². The fraction of sp³-hybridized carbons (Fsp3) is 0.556. The van der Waals surface area contributed by atoms with Gasteiger partial charge in [-0.1, -0.05) is 13.8 Å². The fourth-order valence-electron chi connectivity index (χ4n) is 2.81. The van der Waals surface area contributed by atoms with Gasteiger partial charge in [-0.05, 0) is 30.9 Å². The van der Waals surface area contributed by atoms with Crippen molar-refractivity contribution in [2.45, 2.75) is 32.7 Å². The van der Waals surface area contributed by atoms with Crippen molar-refractivity contribution in [3.63, 3.8) is 0 Å². The monoisotopic (exact) mass is 334 g/mol. The van der Waals surface area contributed by atoms with Crippen LogP contribution in [0.4, 0.5) is 0 Å². The van der Waals surface area contributed by atoms with Crippen LogP contribution in [-0.4, -0.2) is 50.1 Å². The number of hydrogen-bond donors (Lipinski definition) is 1. The van der Waals surface area contributed by atoms with Crippen LogP contribution in [0, 0.1) is 5.92 Å². The molecule has 6 heteroatoms. The summed E-state index contributed by atoms with van der Waals surface area (Å²) in [4.78, 5) is 27.1. The van der Waals surface area contributed by atoms with E-state index in [0.29, 0.717) is 17.1 Å². The standard InChI is InChI=1S/C18H26N2O4/c1-12(2)16(18(22)20-7-5-6-8-20)19-17(21)13-9-14(23-3)11-15(10-13)24-4/h9-12,16H,5-8H2,1-4H3,(H,19,21)/t16-/m1/s1. The lowest BCUT2D eigenvalue weighted by molar-refractivity contribution is -0.133. The summed E-state index contributed by atoms with van der Waals surface area (Å²) >= 11 is 0. The van der Waals surface area contributed by atoms with Crippen molar-refractivity contribution in [3.05, 3.63) is 23.8 Å². The predicted molar refractivity (Wildman–Crippen MR) is 91.5 cm³/mol. The zero-order valence-electron chi connectivity index (χ0n) is 14.8. The Labute approximate surface area is 143 Å². The molecule has 1 aliphatic rings. The molecule has 2 rings (SSSR count). The highest BCUT2D eigenvalue weighted by molar-refractivity contribution is 5.98. The van der Waals surface area contributed by atoms with E-state index in [1.165, 1.54) is 14.2 Å². The maximum atomic E-state index is 12.7. The molecule has 0 saturated carbocycles. The molecule has 1 atom stereocenters. The number of carbonyl (C=O) groups excluding carboxylic acids is 2. The zero-order valence-corrected chi connectivity index (χ0v) is 14.8. The lowest BCUT2D eigenvalue weighted by Crippen LogP contribution is -2.50. The Bertz CT molecular complexity index is 572. The van der Waals surface area contributed by atoms with Gasteiger partial charge in [0.05, 0.1) is 14.2 Å². The first-order chi connectivity index (χ1) is 11.5. The average Bonchev–Trinajstić information content (AvgIpc) is 3.12. The Morgan fingerprint density at radius 1 is 1.04 bits per heavy atom.